The number of benzene rings is 5. The molecule has 2 heterocycles. The first-order valence-electron chi connectivity index (χ1n) is 24.9. The highest BCUT2D eigenvalue weighted by atomic mass is 32.2. The number of guanidine groups is 1. The lowest BCUT2D eigenvalue weighted by Crippen LogP contribution is -2.62. The van der Waals surface area contributed by atoms with Crippen LogP contribution < -0.4 is 15.4 Å². The standard InChI is InChI=1S/C52H48N8O17.CHF3O3S/c1-29(2)42-43-30(3)40(44(56(43)45(42)61)49(65)75-46(62)32-12-18-35(19-13-32)57(68)69)28-74-41-11-7-9-38-31(8-6-10-39(38)41)24-26-60(4,5)27-25-53-50(54-51(66)76-47(63)33-14-20-36(21-15-33)58(70)71)55-52(67)77-48(64)34-16-22-37(23-17-34)59(72)73;2-1(3,4)8(5,6)7/h6-23,29-30,42-43H,24-28H2,1-5H3,(H-,53,54,55,66,67);(H,5,6,7)/t30-,42+,43+;/m0./s1. The molecule has 0 spiro atoms. The first-order chi connectivity index (χ1) is 39.8. The van der Waals surface area contributed by atoms with Crippen LogP contribution in [0.25, 0.3) is 10.8 Å². The average molecular weight is 1210 g/mol. The molecule has 0 aromatic heterocycles. The number of alkyl carbamates (subject to hydrolysis) is 2. The molecule has 5 aromatic rings. The molecule has 3 atom stereocenters. The van der Waals surface area contributed by atoms with Gasteiger partial charge in [0.25, 0.3) is 17.1 Å². The normalized spacial score (nSPS) is 15.5. The molecule has 1 saturated heterocycles. The van der Waals surface area contributed by atoms with Gasteiger partial charge in [-0.05, 0) is 59.3 Å². The van der Waals surface area contributed by atoms with E-state index in [9.17, 15) is 77.1 Å². The number of rotatable bonds is 17. The summed E-state index contributed by atoms with van der Waals surface area (Å²) in [6.07, 6.45) is -2.33. The number of amides is 3. The number of β-lactam (4-membered cyclic amide) rings is 1. The van der Waals surface area contributed by atoms with Crippen molar-refractivity contribution in [3.63, 3.8) is 0 Å². The zero-order chi connectivity index (χ0) is 62.9. The van der Waals surface area contributed by atoms with E-state index >= 15 is 0 Å². The highest BCUT2D eigenvalue weighted by Crippen LogP contribution is 2.49. The number of non-ortho nitro benzene ring substituents is 3. The number of likely N-dealkylation sites (N-methyl/N-ethyl adjacent to an activating group) is 1. The van der Waals surface area contributed by atoms with E-state index in [4.69, 9.17) is 31.9 Å². The van der Waals surface area contributed by atoms with Gasteiger partial charge >= 0.3 is 41.6 Å². The van der Waals surface area contributed by atoms with Gasteiger partial charge in [0.1, 0.15) is 18.1 Å². The number of halogens is 3. The van der Waals surface area contributed by atoms with Crippen LogP contribution in [0.4, 0.5) is 39.8 Å². The second-order valence-electron chi connectivity index (χ2n) is 19.6. The van der Waals surface area contributed by atoms with Crippen LogP contribution in [0.2, 0.25) is 0 Å². The number of carbonyl (C=O) groups excluding carboxylic acids is 7. The molecular formula is C53H49F3N8O20S. The van der Waals surface area contributed by atoms with Crippen molar-refractivity contribution >= 4 is 85.9 Å². The van der Waals surface area contributed by atoms with Crippen LogP contribution in [0, 0.1) is 48.1 Å². The van der Waals surface area contributed by atoms with E-state index in [1.165, 1.54) is 17.0 Å². The molecule has 448 valence electrons. The van der Waals surface area contributed by atoms with Crippen LogP contribution in [0.3, 0.4) is 0 Å². The molecule has 32 heteroatoms. The number of fused-ring (bicyclic) bond motifs is 2. The average Bonchev–Trinajstić information content (AvgIpc) is 1.60. The lowest BCUT2D eigenvalue weighted by molar-refractivity contribution is -0.888. The van der Waals surface area contributed by atoms with Crippen molar-refractivity contribution in [2.24, 2.45) is 22.7 Å². The molecule has 28 nitrogen and oxygen atoms in total. The predicted molar refractivity (Wildman–Crippen MR) is 286 cm³/mol. The predicted octanol–water partition coefficient (Wildman–Crippen LogP) is 6.87. The van der Waals surface area contributed by atoms with Gasteiger partial charge < -0.3 is 32.9 Å². The second kappa shape index (κ2) is 26.4. The number of nitrogens with zero attached hydrogens (tertiary/aromatic N) is 6. The molecular weight excluding hydrogens is 1160 g/mol. The van der Waals surface area contributed by atoms with Gasteiger partial charge in [-0.2, -0.15) is 13.2 Å². The fourth-order valence-electron chi connectivity index (χ4n) is 8.81. The Bertz CT molecular complexity index is 3580. The number of hydrogen-bond donors (Lipinski definition) is 2. The van der Waals surface area contributed by atoms with Crippen LogP contribution in [0.15, 0.2) is 125 Å². The minimum atomic E-state index is -6.09. The summed E-state index contributed by atoms with van der Waals surface area (Å²) in [5.74, 6) is -5.71. The van der Waals surface area contributed by atoms with Crippen molar-refractivity contribution in [1.29, 1.82) is 0 Å². The summed E-state index contributed by atoms with van der Waals surface area (Å²) in [5, 5.41) is 39.0. The Labute approximate surface area is 478 Å². The molecule has 85 heavy (non-hydrogen) atoms. The molecule has 0 radical (unpaired) electrons. The Kier molecular flexibility index (Phi) is 19.9. The first kappa shape index (κ1) is 64.1. The van der Waals surface area contributed by atoms with E-state index in [2.05, 4.69) is 15.6 Å². The summed E-state index contributed by atoms with van der Waals surface area (Å²) >= 11 is 0. The van der Waals surface area contributed by atoms with Gasteiger partial charge in [0.2, 0.25) is 11.9 Å². The van der Waals surface area contributed by atoms with Gasteiger partial charge in [-0.15, -0.1) is 0 Å². The monoisotopic (exact) mass is 1210 g/mol. The van der Waals surface area contributed by atoms with E-state index in [-0.39, 0.29) is 82.9 Å². The van der Waals surface area contributed by atoms with Crippen molar-refractivity contribution in [3.8, 4) is 5.75 Å². The van der Waals surface area contributed by atoms with Gasteiger partial charge in [0, 0.05) is 59.7 Å². The van der Waals surface area contributed by atoms with Crippen molar-refractivity contribution in [2.75, 3.05) is 40.3 Å². The van der Waals surface area contributed by atoms with Crippen LogP contribution in [-0.4, -0.2) is 137 Å². The summed E-state index contributed by atoms with van der Waals surface area (Å²) in [6.45, 7) is 6.30. The number of hydrogen-bond acceptors (Lipinski definition) is 21. The Morgan fingerprint density at radius 3 is 1.55 bits per heavy atom. The molecule has 0 aliphatic carbocycles. The Hall–Kier alpha value is -10.1. The van der Waals surface area contributed by atoms with E-state index in [0.717, 1.165) is 77.0 Å². The fraction of sp³-hybridized carbons (Fsp3) is 0.283. The molecule has 0 bridgehead atoms. The minimum Gasteiger partial charge on any atom is -0.741 e. The van der Waals surface area contributed by atoms with Crippen molar-refractivity contribution in [2.45, 2.75) is 38.7 Å². The van der Waals surface area contributed by atoms with Crippen molar-refractivity contribution < 1.29 is 97.9 Å². The quantitative estimate of drug-likeness (QED) is 0.00819. The maximum atomic E-state index is 13.8. The van der Waals surface area contributed by atoms with E-state index < -0.39 is 78.3 Å². The molecule has 3 amide bonds. The number of nitrogens with one attached hydrogen (secondary N) is 2. The highest BCUT2D eigenvalue weighted by molar-refractivity contribution is 7.86. The van der Waals surface area contributed by atoms with Gasteiger partial charge in [-0.1, -0.05) is 51.1 Å². The minimum absolute atomic E-state index is 0.0500. The molecule has 2 aliphatic heterocycles. The number of aliphatic imine (C=N–C) groups is 1. The van der Waals surface area contributed by atoms with Crippen LogP contribution in [0.5, 0.6) is 5.75 Å². The van der Waals surface area contributed by atoms with E-state index in [1.807, 2.05) is 65.2 Å². The van der Waals surface area contributed by atoms with Gasteiger partial charge in [0.15, 0.2) is 10.1 Å². The van der Waals surface area contributed by atoms with Gasteiger partial charge in [0.05, 0.1) is 77.1 Å². The van der Waals surface area contributed by atoms with Crippen LogP contribution in [-0.2, 0) is 40.3 Å². The van der Waals surface area contributed by atoms with Crippen molar-refractivity contribution in [1.82, 2.24) is 15.5 Å². The zero-order valence-electron chi connectivity index (χ0n) is 45.1. The summed E-state index contributed by atoms with van der Waals surface area (Å²) in [7, 11) is -2.28. The van der Waals surface area contributed by atoms with E-state index in [1.54, 1.807) is 6.07 Å². The SMILES string of the molecule is CC(C)[C@H]1C(=O)N2C(C(=O)OC(=O)c3ccc([N+](=O)[O-])cc3)=C(COc3cccc4c(CC[N+](C)(C)CCN=C(NC(=O)OC(=O)c5ccc([N+](=O)[O-])cc5)NC(=O)OC(=O)c5ccc([N+](=O)[O-])cc5)cccc34)[C@H](C)[C@H]12.O=S(=O)([O-])C(F)(F)F. The zero-order valence-corrected chi connectivity index (χ0v) is 45.9. The Balaban J connectivity index is 0.00000135. The number of quaternary nitrogens is 1. The highest BCUT2D eigenvalue weighted by Gasteiger charge is 2.59. The summed E-state index contributed by atoms with van der Waals surface area (Å²) < 4.78 is 80.5. The maximum absolute atomic E-state index is 13.8. The largest absolute Gasteiger partial charge is 0.741 e. The molecule has 0 saturated carbocycles. The molecule has 7 rings (SSSR count). The number of nitro benzene ring substituents is 3. The van der Waals surface area contributed by atoms with Crippen LogP contribution in [0.1, 0.15) is 57.4 Å². The Morgan fingerprint density at radius 1 is 0.682 bits per heavy atom. The number of ether oxygens (including phenoxy) is 4. The third-order valence-electron chi connectivity index (χ3n) is 13.2. The lowest BCUT2D eigenvalue weighted by atomic mass is 9.74. The molecule has 5 aromatic carbocycles. The van der Waals surface area contributed by atoms with Gasteiger partial charge in [-0.25, -0.2) is 42.2 Å². The number of esters is 4. The number of nitro groups is 3. The van der Waals surface area contributed by atoms with E-state index in [0.29, 0.717) is 28.8 Å². The third kappa shape index (κ3) is 15.9. The third-order valence-corrected chi connectivity index (χ3v) is 13.8. The Morgan fingerprint density at radius 2 is 1.12 bits per heavy atom. The van der Waals surface area contributed by atoms with Crippen molar-refractivity contribution in [3.05, 3.63) is 173 Å². The number of carbonyl (C=O) groups is 7. The smallest absolute Gasteiger partial charge is 0.485 e. The fourth-order valence-corrected chi connectivity index (χ4v) is 8.81. The second-order valence-corrected chi connectivity index (χ2v) is 21.0. The maximum Gasteiger partial charge on any atom is 0.485 e. The summed E-state index contributed by atoms with van der Waals surface area (Å²) in [4.78, 5) is 128. The van der Waals surface area contributed by atoms with Crippen LogP contribution >= 0.6 is 0 Å². The summed E-state index contributed by atoms with van der Waals surface area (Å²) in [6, 6.07) is 23.7. The topological polar surface area (TPSA) is 383 Å². The van der Waals surface area contributed by atoms with Gasteiger partial charge in [-0.3, -0.25) is 45.8 Å². The molecule has 0 unspecified atom stereocenters. The number of alkyl halides is 3. The summed E-state index contributed by atoms with van der Waals surface area (Å²) in [5.41, 5.74) is -5.78. The molecule has 2 aliphatic rings. The molecule has 2 N–H and O–H groups in total. The molecule has 1 fully saturated rings. The lowest BCUT2D eigenvalue weighted by Gasteiger charge is -2.47. The first-order valence-corrected chi connectivity index (χ1v) is 26.3.